The van der Waals surface area contributed by atoms with Crippen LogP contribution in [-0.4, -0.2) is 58.8 Å². The molecule has 2 aliphatic rings. The Hall–Kier alpha value is -3.22. The topological polar surface area (TPSA) is 82.6 Å². The second-order valence-corrected chi connectivity index (χ2v) is 8.34. The Morgan fingerprint density at radius 1 is 1.16 bits per heavy atom. The Kier molecular flexibility index (Phi) is 6.30. The average Bonchev–Trinajstić information content (AvgIpc) is 3.37. The Labute approximate surface area is 182 Å². The first-order valence-corrected chi connectivity index (χ1v) is 10.9. The van der Waals surface area contributed by atoms with Gasteiger partial charge >= 0.3 is 6.03 Å². The highest BCUT2D eigenvalue weighted by molar-refractivity contribution is 6.01. The van der Waals surface area contributed by atoms with Gasteiger partial charge in [0.1, 0.15) is 0 Å². The number of pyridine rings is 1. The van der Waals surface area contributed by atoms with Crippen LogP contribution in [0.15, 0.2) is 42.5 Å². The Morgan fingerprint density at radius 2 is 1.97 bits per heavy atom. The van der Waals surface area contributed by atoms with Gasteiger partial charge in [0.25, 0.3) is 0 Å². The smallest absolute Gasteiger partial charge is 0.324 e. The first-order chi connectivity index (χ1) is 15.0. The van der Waals surface area contributed by atoms with Crippen molar-refractivity contribution in [1.29, 1.82) is 0 Å². The van der Waals surface area contributed by atoms with Crippen molar-refractivity contribution in [3.8, 4) is 0 Å². The van der Waals surface area contributed by atoms with Crippen LogP contribution < -0.4 is 5.32 Å². The highest BCUT2D eigenvalue weighted by atomic mass is 16.2. The van der Waals surface area contributed by atoms with E-state index in [0.717, 1.165) is 30.8 Å². The molecular formula is C24H28N4O3. The molecule has 1 N–H and O–H groups in total. The fourth-order valence-electron chi connectivity index (χ4n) is 4.37. The number of imide groups is 1. The predicted molar refractivity (Wildman–Crippen MR) is 117 cm³/mol. The van der Waals surface area contributed by atoms with Crippen LogP contribution in [0.25, 0.3) is 0 Å². The maximum absolute atomic E-state index is 12.6. The number of carbonyl (C=O) groups is 3. The van der Waals surface area contributed by atoms with Gasteiger partial charge in [0.15, 0.2) is 0 Å². The van der Waals surface area contributed by atoms with E-state index in [1.54, 1.807) is 0 Å². The molecule has 3 heterocycles. The predicted octanol–water partition coefficient (Wildman–Crippen LogP) is 2.63. The van der Waals surface area contributed by atoms with Crippen molar-refractivity contribution < 1.29 is 14.4 Å². The van der Waals surface area contributed by atoms with Crippen LogP contribution in [0.1, 0.15) is 47.7 Å². The molecule has 0 saturated carbocycles. The first kappa shape index (κ1) is 21.0. The second-order valence-electron chi connectivity index (χ2n) is 8.34. The molecule has 7 heteroatoms. The Bertz CT molecular complexity index is 960. The van der Waals surface area contributed by atoms with Crippen molar-refractivity contribution in [1.82, 2.24) is 20.1 Å². The molecule has 4 amide bonds. The lowest BCUT2D eigenvalue weighted by Crippen LogP contribution is -2.33. The number of amides is 4. The minimum Gasteiger partial charge on any atom is -0.342 e. The van der Waals surface area contributed by atoms with Crippen LogP contribution >= 0.6 is 0 Å². The zero-order chi connectivity index (χ0) is 21.8. The number of urea groups is 1. The number of aromatic nitrogens is 1. The summed E-state index contributed by atoms with van der Waals surface area (Å²) in [6.07, 6.45) is 2.60. The maximum Gasteiger partial charge on any atom is 0.324 e. The summed E-state index contributed by atoms with van der Waals surface area (Å²) in [5, 5.41) is 2.50. The number of aryl methyl sites for hydroxylation is 1. The van der Waals surface area contributed by atoms with Gasteiger partial charge in [-0.15, -0.1) is 0 Å². The fourth-order valence-corrected chi connectivity index (χ4v) is 4.37. The number of likely N-dealkylation sites (tertiary alicyclic amines) is 1. The summed E-state index contributed by atoms with van der Waals surface area (Å²) in [5.41, 5.74) is 4.57. The molecule has 0 spiro atoms. The Morgan fingerprint density at radius 3 is 2.71 bits per heavy atom. The number of hydrogen-bond acceptors (Lipinski definition) is 4. The summed E-state index contributed by atoms with van der Waals surface area (Å²) in [7, 11) is 0. The molecule has 1 aromatic carbocycles. The van der Waals surface area contributed by atoms with Crippen molar-refractivity contribution >= 4 is 17.8 Å². The van der Waals surface area contributed by atoms with E-state index in [0.29, 0.717) is 19.4 Å². The zero-order valence-electron chi connectivity index (χ0n) is 17.8. The molecule has 0 radical (unpaired) electrons. The number of rotatable bonds is 7. The molecule has 31 heavy (non-hydrogen) atoms. The molecule has 1 atom stereocenters. The van der Waals surface area contributed by atoms with E-state index >= 15 is 0 Å². The molecular weight excluding hydrogens is 392 g/mol. The van der Waals surface area contributed by atoms with E-state index < -0.39 is 0 Å². The van der Waals surface area contributed by atoms with Crippen molar-refractivity contribution in [3.05, 3.63) is 65.0 Å². The third-order valence-corrected chi connectivity index (χ3v) is 5.95. The summed E-state index contributed by atoms with van der Waals surface area (Å²) in [4.78, 5) is 43.7. The van der Waals surface area contributed by atoms with Gasteiger partial charge in [-0.05, 0) is 49.4 Å². The molecule has 2 fully saturated rings. The average molecular weight is 421 g/mol. The van der Waals surface area contributed by atoms with E-state index in [9.17, 15) is 14.4 Å². The van der Waals surface area contributed by atoms with Crippen molar-refractivity contribution in [2.45, 2.75) is 38.5 Å². The van der Waals surface area contributed by atoms with Crippen molar-refractivity contribution in [2.24, 2.45) is 0 Å². The minimum atomic E-state index is -0.365. The van der Waals surface area contributed by atoms with Crippen LogP contribution in [-0.2, 0) is 16.0 Å². The van der Waals surface area contributed by atoms with Gasteiger partial charge in [0.2, 0.25) is 11.8 Å². The van der Waals surface area contributed by atoms with E-state index in [1.165, 1.54) is 16.0 Å². The van der Waals surface area contributed by atoms with Gasteiger partial charge in [-0.25, -0.2) is 4.79 Å². The van der Waals surface area contributed by atoms with E-state index in [-0.39, 0.29) is 36.9 Å². The number of hydrogen-bond donors (Lipinski definition) is 1. The van der Waals surface area contributed by atoms with Crippen LogP contribution in [0.5, 0.6) is 0 Å². The monoisotopic (exact) mass is 420 g/mol. The van der Waals surface area contributed by atoms with E-state index in [2.05, 4.69) is 41.7 Å². The van der Waals surface area contributed by atoms with Gasteiger partial charge < -0.3 is 10.2 Å². The molecule has 2 saturated heterocycles. The minimum absolute atomic E-state index is 0.0519. The summed E-state index contributed by atoms with van der Waals surface area (Å²) >= 11 is 0. The molecule has 4 rings (SSSR count). The molecule has 162 valence electrons. The highest BCUT2D eigenvalue weighted by Crippen LogP contribution is 2.28. The van der Waals surface area contributed by atoms with Crippen LogP contribution in [0.3, 0.4) is 0 Å². The lowest BCUT2D eigenvalue weighted by Gasteiger charge is -2.18. The molecule has 1 aromatic heterocycles. The summed E-state index contributed by atoms with van der Waals surface area (Å²) in [6.45, 7) is 3.75. The van der Waals surface area contributed by atoms with Gasteiger partial charge in [-0.1, -0.05) is 30.3 Å². The van der Waals surface area contributed by atoms with E-state index in [1.807, 2.05) is 17.9 Å². The fraction of sp³-hybridized carbons (Fsp3) is 0.417. The van der Waals surface area contributed by atoms with E-state index in [4.69, 9.17) is 4.98 Å². The molecule has 0 aliphatic carbocycles. The van der Waals surface area contributed by atoms with Crippen molar-refractivity contribution in [3.63, 3.8) is 0 Å². The molecule has 0 bridgehead atoms. The largest absolute Gasteiger partial charge is 0.342 e. The first-order valence-electron chi connectivity index (χ1n) is 10.9. The zero-order valence-corrected chi connectivity index (χ0v) is 17.8. The lowest BCUT2D eigenvalue weighted by molar-refractivity contribution is -0.131. The SMILES string of the molecule is Cc1cc(Cc2ccccc2)cc([C@H]2CCN(C(=O)CCCN3C(=O)CNC3=O)C2)n1. The van der Waals surface area contributed by atoms with Crippen LogP contribution in [0.4, 0.5) is 4.79 Å². The van der Waals surface area contributed by atoms with Gasteiger partial charge in [-0.3, -0.25) is 19.5 Å². The number of benzene rings is 1. The Balaban J connectivity index is 1.32. The second kappa shape index (κ2) is 9.29. The number of carbonyl (C=O) groups excluding carboxylic acids is 3. The standard InChI is InChI=1S/C24H28N4O3/c1-17-12-19(13-18-6-3-2-4-7-18)14-21(26-17)20-9-11-27(16-20)22(29)8-5-10-28-23(30)15-25-24(28)31/h2-4,6-7,12,14,20H,5,8-11,13,15-16H2,1H3,(H,25,31)/t20-/m0/s1. The lowest BCUT2D eigenvalue weighted by atomic mass is 9.98. The third-order valence-electron chi connectivity index (χ3n) is 5.95. The highest BCUT2D eigenvalue weighted by Gasteiger charge is 2.30. The van der Waals surface area contributed by atoms with Gasteiger partial charge in [0, 0.05) is 43.4 Å². The summed E-state index contributed by atoms with van der Waals surface area (Å²) in [5.74, 6) is 0.0894. The molecule has 0 unspecified atom stereocenters. The van der Waals surface area contributed by atoms with Gasteiger partial charge in [-0.2, -0.15) is 0 Å². The normalized spacial score (nSPS) is 18.5. The number of nitrogens with zero attached hydrogens (tertiary/aromatic N) is 3. The molecule has 7 nitrogen and oxygen atoms in total. The van der Waals surface area contributed by atoms with Crippen LogP contribution in [0, 0.1) is 6.92 Å². The van der Waals surface area contributed by atoms with Crippen molar-refractivity contribution in [2.75, 3.05) is 26.2 Å². The van der Waals surface area contributed by atoms with Gasteiger partial charge in [0.05, 0.1) is 6.54 Å². The summed E-state index contributed by atoms with van der Waals surface area (Å²) in [6, 6.07) is 14.3. The summed E-state index contributed by atoms with van der Waals surface area (Å²) < 4.78 is 0. The maximum atomic E-state index is 12.6. The molecule has 2 aromatic rings. The van der Waals surface area contributed by atoms with Crippen LogP contribution in [0.2, 0.25) is 0 Å². The molecule has 2 aliphatic heterocycles. The third kappa shape index (κ3) is 5.10. The quantitative estimate of drug-likeness (QED) is 0.698. The number of nitrogens with one attached hydrogen (secondary N) is 1.